The average molecular weight is 557 g/mol. The Bertz CT molecular complexity index is 1240. The van der Waals surface area contributed by atoms with Crippen LogP contribution in [-0.4, -0.2) is 71.4 Å². The number of halogens is 1. The fourth-order valence-corrected chi connectivity index (χ4v) is 5.30. The Labute approximate surface area is 236 Å². The van der Waals surface area contributed by atoms with Crippen molar-refractivity contribution in [3.05, 3.63) is 64.0 Å². The summed E-state index contributed by atoms with van der Waals surface area (Å²) >= 11 is 0. The van der Waals surface area contributed by atoms with Gasteiger partial charge in [0, 0.05) is 44.4 Å². The van der Waals surface area contributed by atoms with Crippen LogP contribution < -0.4 is 4.74 Å². The smallest absolute Gasteiger partial charge is 0.410 e. The first-order valence-electron chi connectivity index (χ1n) is 14.0. The van der Waals surface area contributed by atoms with Gasteiger partial charge in [0.2, 0.25) is 0 Å². The van der Waals surface area contributed by atoms with E-state index in [1.807, 2.05) is 33.8 Å². The SMILES string of the molecule is Cc1ccc([C@@H](CN2CCN(C(=O)OC(C)(C)C)[C@H](C)C2)Oc2cc(C)c(C(=O)O)cc2C2CCCO2)cc1F. The number of carbonyl (C=O) groups is 2. The lowest BCUT2D eigenvalue weighted by molar-refractivity contribution is -0.00313. The van der Waals surface area contributed by atoms with Gasteiger partial charge in [-0.1, -0.05) is 12.1 Å². The highest BCUT2D eigenvalue weighted by Crippen LogP contribution is 2.39. The highest BCUT2D eigenvalue weighted by molar-refractivity contribution is 5.90. The van der Waals surface area contributed by atoms with E-state index in [4.69, 9.17) is 14.2 Å². The number of aromatic carboxylic acids is 1. The van der Waals surface area contributed by atoms with E-state index in [0.717, 1.165) is 12.8 Å². The Hall–Kier alpha value is -3.17. The largest absolute Gasteiger partial charge is 0.484 e. The third-order valence-electron chi connectivity index (χ3n) is 7.46. The summed E-state index contributed by atoms with van der Waals surface area (Å²) in [6.45, 7) is 13.8. The van der Waals surface area contributed by atoms with Gasteiger partial charge in [-0.05, 0) is 89.3 Å². The molecule has 4 rings (SSSR count). The quantitative estimate of drug-likeness (QED) is 0.444. The number of benzene rings is 2. The number of carboxylic acids is 1. The normalized spacial score (nSPS) is 20.8. The van der Waals surface area contributed by atoms with Crippen LogP contribution in [0.4, 0.5) is 9.18 Å². The first kappa shape index (κ1) is 29.8. The maximum atomic E-state index is 14.7. The van der Waals surface area contributed by atoms with Crippen LogP contribution in [-0.2, 0) is 9.47 Å². The fourth-order valence-electron chi connectivity index (χ4n) is 5.30. The number of nitrogens with zero attached hydrogens (tertiary/aromatic N) is 2. The molecule has 0 saturated carbocycles. The molecule has 2 heterocycles. The Morgan fingerprint density at radius 2 is 1.90 bits per heavy atom. The number of ether oxygens (including phenoxy) is 3. The molecule has 0 spiro atoms. The standard InChI is InChI=1S/C31H41FN2O6/c1-19-9-10-22(15-25(19)32)28(18-33-11-12-34(21(3)17-33)30(37)40-31(4,5)6)39-27-14-20(2)23(29(35)36)16-24(27)26-8-7-13-38-26/h9-10,14-16,21,26,28H,7-8,11-13,17-18H2,1-6H3,(H,35,36)/t21-,26?,28-/m1/s1. The Balaban J connectivity index is 1.61. The molecule has 0 bridgehead atoms. The molecule has 0 aromatic heterocycles. The molecule has 1 N–H and O–H groups in total. The molecule has 2 fully saturated rings. The lowest BCUT2D eigenvalue weighted by Gasteiger charge is -2.41. The van der Waals surface area contributed by atoms with Crippen LogP contribution in [0.25, 0.3) is 0 Å². The monoisotopic (exact) mass is 556 g/mol. The summed E-state index contributed by atoms with van der Waals surface area (Å²) in [5, 5.41) is 9.74. The first-order valence-corrected chi connectivity index (χ1v) is 14.0. The molecule has 0 aliphatic carbocycles. The molecule has 2 aliphatic heterocycles. The minimum absolute atomic E-state index is 0.0847. The van der Waals surface area contributed by atoms with Crippen LogP contribution in [0, 0.1) is 19.7 Å². The molecule has 1 unspecified atom stereocenters. The number of rotatable bonds is 7. The van der Waals surface area contributed by atoms with Crippen molar-refractivity contribution in [2.24, 2.45) is 0 Å². The number of piperazine rings is 1. The fraction of sp³-hybridized carbons (Fsp3) is 0.548. The van der Waals surface area contributed by atoms with Crippen molar-refractivity contribution >= 4 is 12.1 Å². The van der Waals surface area contributed by atoms with Crippen molar-refractivity contribution in [1.82, 2.24) is 9.80 Å². The van der Waals surface area contributed by atoms with Gasteiger partial charge >= 0.3 is 12.1 Å². The minimum atomic E-state index is -1.00. The maximum Gasteiger partial charge on any atom is 0.410 e. The highest BCUT2D eigenvalue weighted by Gasteiger charge is 2.33. The van der Waals surface area contributed by atoms with Crippen LogP contribution >= 0.6 is 0 Å². The van der Waals surface area contributed by atoms with Gasteiger partial charge in [0.25, 0.3) is 0 Å². The van der Waals surface area contributed by atoms with Crippen LogP contribution in [0.5, 0.6) is 5.75 Å². The van der Waals surface area contributed by atoms with Crippen molar-refractivity contribution in [2.45, 2.75) is 78.2 Å². The first-order chi connectivity index (χ1) is 18.8. The number of amides is 1. The summed E-state index contributed by atoms with van der Waals surface area (Å²) in [5.74, 6) is -0.774. The van der Waals surface area contributed by atoms with E-state index in [-0.39, 0.29) is 29.6 Å². The van der Waals surface area contributed by atoms with E-state index in [1.165, 1.54) is 6.07 Å². The molecule has 2 saturated heterocycles. The molecule has 2 aromatic rings. The van der Waals surface area contributed by atoms with E-state index in [1.54, 1.807) is 36.9 Å². The van der Waals surface area contributed by atoms with E-state index in [9.17, 15) is 19.1 Å². The number of hydrogen-bond acceptors (Lipinski definition) is 6. The topological polar surface area (TPSA) is 88.5 Å². The molecule has 2 aromatic carbocycles. The molecule has 9 heteroatoms. The highest BCUT2D eigenvalue weighted by atomic mass is 19.1. The third-order valence-corrected chi connectivity index (χ3v) is 7.46. The van der Waals surface area contributed by atoms with E-state index in [2.05, 4.69) is 4.90 Å². The number of aryl methyl sites for hydroxylation is 2. The van der Waals surface area contributed by atoms with Gasteiger partial charge in [-0.3, -0.25) is 4.90 Å². The molecular formula is C31H41FN2O6. The van der Waals surface area contributed by atoms with Crippen LogP contribution in [0.3, 0.4) is 0 Å². The predicted octanol–water partition coefficient (Wildman–Crippen LogP) is 6.05. The molecule has 2 aliphatic rings. The number of hydrogen-bond donors (Lipinski definition) is 1. The van der Waals surface area contributed by atoms with E-state index < -0.39 is 17.7 Å². The summed E-state index contributed by atoms with van der Waals surface area (Å²) in [4.78, 5) is 28.6. The van der Waals surface area contributed by atoms with Gasteiger partial charge < -0.3 is 24.2 Å². The van der Waals surface area contributed by atoms with Gasteiger partial charge in [0.05, 0.1) is 11.7 Å². The predicted molar refractivity (Wildman–Crippen MR) is 149 cm³/mol. The van der Waals surface area contributed by atoms with Gasteiger partial charge in [-0.25, -0.2) is 14.0 Å². The molecule has 3 atom stereocenters. The summed E-state index contributed by atoms with van der Waals surface area (Å²) in [7, 11) is 0. The Kier molecular flexibility index (Phi) is 9.05. The molecule has 0 radical (unpaired) electrons. The van der Waals surface area contributed by atoms with Crippen LogP contribution in [0.1, 0.15) is 85.4 Å². The average Bonchev–Trinajstić information content (AvgIpc) is 3.39. The molecule has 40 heavy (non-hydrogen) atoms. The van der Waals surface area contributed by atoms with Crippen molar-refractivity contribution < 1.29 is 33.3 Å². The summed E-state index contributed by atoms with van der Waals surface area (Å²) in [6.07, 6.45) is 0.523. The van der Waals surface area contributed by atoms with Gasteiger partial charge in [-0.2, -0.15) is 0 Å². The van der Waals surface area contributed by atoms with Crippen LogP contribution in [0.2, 0.25) is 0 Å². The van der Waals surface area contributed by atoms with Crippen molar-refractivity contribution in [2.75, 3.05) is 32.8 Å². The Morgan fingerprint density at radius 3 is 2.50 bits per heavy atom. The lowest BCUT2D eigenvalue weighted by Crippen LogP contribution is -2.55. The summed E-state index contributed by atoms with van der Waals surface area (Å²) in [6, 6.07) is 8.43. The second-order valence-corrected chi connectivity index (χ2v) is 11.9. The zero-order valence-corrected chi connectivity index (χ0v) is 24.3. The second-order valence-electron chi connectivity index (χ2n) is 11.9. The van der Waals surface area contributed by atoms with E-state index in [0.29, 0.717) is 60.8 Å². The number of carbonyl (C=O) groups excluding carboxylic acids is 1. The molecule has 1 amide bonds. The lowest BCUT2D eigenvalue weighted by atomic mass is 9.98. The van der Waals surface area contributed by atoms with Crippen molar-refractivity contribution in [1.29, 1.82) is 0 Å². The van der Waals surface area contributed by atoms with Crippen LogP contribution in [0.15, 0.2) is 30.3 Å². The van der Waals surface area contributed by atoms with E-state index >= 15 is 0 Å². The van der Waals surface area contributed by atoms with Gasteiger partial charge in [0.1, 0.15) is 23.3 Å². The van der Waals surface area contributed by atoms with Gasteiger partial charge in [0.15, 0.2) is 0 Å². The minimum Gasteiger partial charge on any atom is -0.484 e. The zero-order valence-electron chi connectivity index (χ0n) is 24.3. The third kappa shape index (κ3) is 7.12. The Morgan fingerprint density at radius 1 is 1.15 bits per heavy atom. The summed E-state index contributed by atoms with van der Waals surface area (Å²) < 4.78 is 32.9. The summed E-state index contributed by atoms with van der Waals surface area (Å²) in [5.41, 5.74) is 2.14. The molecular weight excluding hydrogens is 515 g/mol. The number of carboxylic acid groups (broad SMARTS) is 1. The van der Waals surface area contributed by atoms with Gasteiger partial charge in [-0.15, -0.1) is 0 Å². The molecule has 218 valence electrons. The second kappa shape index (κ2) is 12.1. The zero-order chi connectivity index (χ0) is 29.2. The maximum absolute atomic E-state index is 14.7. The van der Waals surface area contributed by atoms with Crippen molar-refractivity contribution in [3.63, 3.8) is 0 Å². The molecule has 8 nitrogen and oxygen atoms in total. The van der Waals surface area contributed by atoms with Crippen molar-refractivity contribution in [3.8, 4) is 5.75 Å².